The molecular weight excluding hydrogens is 281 g/mol. The van der Waals surface area contributed by atoms with Gasteiger partial charge in [-0.3, -0.25) is 0 Å². The number of benzene rings is 1. The zero-order valence-corrected chi connectivity index (χ0v) is 14.0. The van der Waals surface area contributed by atoms with Gasteiger partial charge in [0.2, 0.25) is 0 Å². The molecule has 110 valence electrons. The highest BCUT2D eigenvalue weighted by molar-refractivity contribution is 7.24. The molecule has 0 unspecified atom stereocenters. The fourth-order valence-corrected chi connectivity index (χ4v) is 3.26. The van der Waals surface area contributed by atoms with Crippen molar-refractivity contribution in [2.45, 2.75) is 45.8 Å². The van der Waals surface area contributed by atoms with Gasteiger partial charge in [-0.2, -0.15) is 0 Å². The molecule has 0 radical (unpaired) electrons. The van der Waals surface area contributed by atoms with Gasteiger partial charge in [0.05, 0.1) is 16.0 Å². The summed E-state index contributed by atoms with van der Waals surface area (Å²) >= 11 is 1.64. The number of rotatable bonds is 2. The Morgan fingerprint density at radius 1 is 1.05 bits per heavy atom. The lowest BCUT2D eigenvalue weighted by Crippen LogP contribution is -2.41. The third kappa shape index (κ3) is 2.54. The monoisotopic (exact) mass is 301 g/mol. The van der Waals surface area contributed by atoms with Gasteiger partial charge in [-0.25, -0.2) is 4.98 Å². The summed E-state index contributed by atoms with van der Waals surface area (Å²) in [5.41, 5.74) is 1.77. The van der Waals surface area contributed by atoms with Crippen LogP contribution in [-0.4, -0.2) is 23.3 Å². The highest BCUT2D eigenvalue weighted by Crippen LogP contribution is 2.37. The van der Waals surface area contributed by atoms with Gasteiger partial charge >= 0.3 is 7.12 Å². The zero-order chi connectivity index (χ0) is 15.3. The SMILES string of the molecule is Cc1ccccc1-c1ncc(B2OC(C)(C)C(C)(C)O2)s1. The Kier molecular flexibility index (Phi) is 3.47. The quantitative estimate of drug-likeness (QED) is 0.797. The van der Waals surface area contributed by atoms with E-state index in [4.69, 9.17) is 9.31 Å². The van der Waals surface area contributed by atoms with Crippen molar-refractivity contribution < 1.29 is 9.31 Å². The maximum absolute atomic E-state index is 6.08. The second kappa shape index (κ2) is 4.94. The molecule has 0 saturated carbocycles. The molecule has 5 heteroatoms. The lowest BCUT2D eigenvalue weighted by Gasteiger charge is -2.32. The third-order valence-corrected chi connectivity index (χ3v) is 5.44. The summed E-state index contributed by atoms with van der Waals surface area (Å²) in [5.74, 6) is 0. The van der Waals surface area contributed by atoms with Crippen molar-refractivity contribution in [3.05, 3.63) is 36.0 Å². The Labute approximate surface area is 130 Å². The molecule has 0 bridgehead atoms. The number of nitrogens with zero attached hydrogens (tertiary/aromatic N) is 1. The van der Waals surface area contributed by atoms with E-state index in [0.717, 1.165) is 9.78 Å². The van der Waals surface area contributed by atoms with Crippen molar-refractivity contribution in [3.63, 3.8) is 0 Å². The van der Waals surface area contributed by atoms with E-state index in [9.17, 15) is 0 Å². The summed E-state index contributed by atoms with van der Waals surface area (Å²) in [7, 11) is -0.328. The molecule has 1 fully saturated rings. The van der Waals surface area contributed by atoms with Crippen molar-refractivity contribution in [3.8, 4) is 10.6 Å². The van der Waals surface area contributed by atoms with E-state index in [1.165, 1.54) is 11.1 Å². The zero-order valence-electron chi connectivity index (χ0n) is 13.1. The van der Waals surface area contributed by atoms with Crippen LogP contribution in [-0.2, 0) is 9.31 Å². The molecule has 3 rings (SSSR count). The van der Waals surface area contributed by atoms with Gasteiger partial charge in [-0.05, 0) is 40.2 Å². The molecule has 0 atom stereocenters. The van der Waals surface area contributed by atoms with E-state index in [2.05, 4.69) is 51.7 Å². The van der Waals surface area contributed by atoms with Gasteiger partial charge in [0.25, 0.3) is 0 Å². The van der Waals surface area contributed by atoms with Crippen molar-refractivity contribution in [2.75, 3.05) is 0 Å². The molecule has 0 aliphatic carbocycles. The molecule has 0 spiro atoms. The van der Waals surface area contributed by atoms with Gasteiger partial charge in [0.15, 0.2) is 0 Å². The van der Waals surface area contributed by atoms with Crippen molar-refractivity contribution in [1.82, 2.24) is 4.98 Å². The van der Waals surface area contributed by atoms with E-state index in [1.807, 2.05) is 18.3 Å². The summed E-state index contributed by atoms with van der Waals surface area (Å²) in [6, 6.07) is 8.28. The smallest absolute Gasteiger partial charge is 0.399 e. The van der Waals surface area contributed by atoms with E-state index >= 15 is 0 Å². The molecule has 0 amide bonds. The summed E-state index contributed by atoms with van der Waals surface area (Å²) in [5, 5.41) is 1.01. The van der Waals surface area contributed by atoms with Gasteiger partial charge in [-0.1, -0.05) is 24.3 Å². The minimum Gasteiger partial charge on any atom is -0.399 e. The summed E-state index contributed by atoms with van der Waals surface area (Å²) in [4.78, 5) is 4.55. The van der Waals surface area contributed by atoms with Gasteiger partial charge < -0.3 is 9.31 Å². The van der Waals surface area contributed by atoms with E-state index in [-0.39, 0.29) is 18.3 Å². The van der Waals surface area contributed by atoms with E-state index in [0.29, 0.717) is 0 Å². The van der Waals surface area contributed by atoms with Crippen molar-refractivity contribution >= 4 is 23.2 Å². The van der Waals surface area contributed by atoms with Crippen LogP contribution in [0.25, 0.3) is 10.6 Å². The van der Waals surface area contributed by atoms with Crippen LogP contribution in [0.4, 0.5) is 0 Å². The summed E-state index contributed by atoms with van der Waals surface area (Å²) in [6.45, 7) is 10.4. The van der Waals surface area contributed by atoms with Gasteiger partial charge in [0, 0.05) is 11.8 Å². The average molecular weight is 301 g/mol. The molecule has 1 aromatic heterocycles. The van der Waals surface area contributed by atoms with E-state index in [1.54, 1.807) is 11.3 Å². The molecular formula is C16H20BNO2S. The maximum Gasteiger partial charge on any atom is 0.507 e. The van der Waals surface area contributed by atoms with E-state index < -0.39 is 0 Å². The minimum atomic E-state index is -0.328. The standard InChI is InChI=1S/C16H20BNO2S/c1-11-8-6-7-9-12(11)14-18-10-13(21-14)17-19-15(2,3)16(4,5)20-17/h6-10H,1-5H3. The molecule has 2 aromatic rings. The van der Waals surface area contributed by atoms with Gasteiger partial charge in [0.1, 0.15) is 5.01 Å². The van der Waals surface area contributed by atoms with Crippen LogP contribution in [0.15, 0.2) is 30.5 Å². The first-order chi connectivity index (χ1) is 9.80. The van der Waals surface area contributed by atoms with Crippen LogP contribution in [0.2, 0.25) is 0 Å². The number of thiazole rings is 1. The first-order valence-electron chi connectivity index (χ1n) is 7.17. The Hall–Kier alpha value is -1.17. The molecule has 0 N–H and O–H groups in total. The van der Waals surface area contributed by atoms with Crippen LogP contribution in [0, 0.1) is 6.92 Å². The molecule has 1 aromatic carbocycles. The normalized spacial score (nSPS) is 20.0. The highest BCUT2D eigenvalue weighted by Gasteiger charge is 2.52. The number of hydrogen-bond donors (Lipinski definition) is 0. The molecule has 1 aliphatic rings. The van der Waals surface area contributed by atoms with Crippen LogP contribution >= 0.6 is 11.3 Å². The predicted molar refractivity (Wildman–Crippen MR) is 88.0 cm³/mol. The Morgan fingerprint density at radius 3 is 2.29 bits per heavy atom. The lowest BCUT2D eigenvalue weighted by molar-refractivity contribution is 0.00578. The Bertz CT molecular complexity index is 650. The second-order valence-corrected chi connectivity index (χ2v) is 7.53. The third-order valence-electron chi connectivity index (χ3n) is 4.38. The van der Waals surface area contributed by atoms with Crippen molar-refractivity contribution in [2.24, 2.45) is 0 Å². The second-order valence-electron chi connectivity index (χ2n) is 6.47. The largest absolute Gasteiger partial charge is 0.507 e. The number of aryl methyl sites for hydroxylation is 1. The van der Waals surface area contributed by atoms with Crippen LogP contribution < -0.4 is 4.78 Å². The fraction of sp³-hybridized carbons (Fsp3) is 0.438. The van der Waals surface area contributed by atoms with Crippen LogP contribution in [0.5, 0.6) is 0 Å². The summed E-state index contributed by atoms with van der Waals surface area (Å²) in [6.07, 6.45) is 1.87. The van der Waals surface area contributed by atoms with Crippen LogP contribution in [0.1, 0.15) is 33.3 Å². The minimum absolute atomic E-state index is 0.315. The highest BCUT2D eigenvalue weighted by atomic mass is 32.1. The predicted octanol–water partition coefficient (Wildman–Crippen LogP) is 3.42. The molecule has 2 heterocycles. The topological polar surface area (TPSA) is 31.4 Å². The Morgan fingerprint density at radius 2 is 1.67 bits per heavy atom. The molecule has 3 nitrogen and oxygen atoms in total. The summed E-state index contributed by atoms with van der Waals surface area (Å²) < 4.78 is 13.2. The van der Waals surface area contributed by atoms with Gasteiger partial charge in [-0.15, -0.1) is 11.3 Å². The molecule has 1 saturated heterocycles. The average Bonchev–Trinajstić information content (AvgIpc) is 2.94. The molecule has 1 aliphatic heterocycles. The number of aromatic nitrogens is 1. The first kappa shape index (κ1) is 14.8. The van der Waals surface area contributed by atoms with Crippen LogP contribution in [0.3, 0.4) is 0 Å². The maximum atomic E-state index is 6.08. The van der Waals surface area contributed by atoms with Crippen molar-refractivity contribution in [1.29, 1.82) is 0 Å². The first-order valence-corrected chi connectivity index (χ1v) is 7.99. The lowest BCUT2D eigenvalue weighted by atomic mass is 9.89. The number of hydrogen-bond acceptors (Lipinski definition) is 4. The fourth-order valence-electron chi connectivity index (χ4n) is 2.29. The molecule has 21 heavy (non-hydrogen) atoms. The Balaban J connectivity index is 1.89.